The summed E-state index contributed by atoms with van der Waals surface area (Å²) in [4.78, 5) is 38.7. The van der Waals surface area contributed by atoms with Crippen LogP contribution >= 0.6 is 11.8 Å². The number of carbonyl (C=O) groups excluding carboxylic acids is 3. The van der Waals surface area contributed by atoms with E-state index in [0.717, 1.165) is 33.4 Å². The molecule has 0 radical (unpaired) electrons. The van der Waals surface area contributed by atoms with E-state index >= 15 is 0 Å². The number of carbonyl (C=O) groups is 3. The number of methoxy groups -OCH3 is 2. The maximum Gasteiger partial charge on any atom is 0.293 e. The summed E-state index contributed by atoms with van der Waals surface area (Å²) in [5, 5.41) is 2.42. The van der Waals surface area contributed by atoms with Crippen molar-refractivity contribution in [2.45, 2.75) is 20.3 Å². The molecule has 1 saturated heterocycles. The number of nitrogens with zero attached hydrogens (tertiary/aromatic N) is 1. The summed E-state index contributed by atoms with van der Waals surface area (Å²) in [5.74, 6) is 0.584. The van der Waals surface area contributed by atoms with Crippen molar-refractivity contribution in [3.05, 3.63) is 63.6 Å². The molecule has 0 saturated carbocycles. The molecule has 2 aromatic carbocycles. The average molecular weight is 455 g/mol. The Morgan fingerprint density at radius 2 is 1.78 bits per heavy atom. The lowest BCUT2D eigenvalue weighted by Crippen LogP contribution is -2.37. The fourth-order valence-electron chi connectivity index (χ4n) is 3.26. The van der Waals surface area contributed by atoms with Gasteiger partial charge in [0.05, 0.1) is 25.5 Å². The van der Waals surface area contributed by atoms with E-state index in [9.17, 15) is 14.4 Å². The predicted octanol–water partition coefficient (Wildman–Crippen LogP) is 3.72. The van der Waals surface area contributed by atoms with Crippen LogP contribution in [-0.4, -0.2) is 49.3 Å². The van der Waals surface area contributed by atoms with Gasteiger partial charge in [-0.05, 0) is 66.1 Å². The van der Waals surface area contributed by atoms with Gasteiger partial charge in [0.25, 0.3) is 11.1 Å². The van der Waals surface area contributed by atoms with E-state index in [2.05, 4.69) is 5.32 Å². The molecule has 2 aromatic rings. The molecule has 1 heterocycles. The van der Waals surface area contributed by atoms with Gasteiger partial charge in [-0.3, -0.25) is 19.3 Å². The molecule has 32 heavy (non-hydrogen) atoms. The van der Waals surface area contributed by atoms with Crippen molar-refractivity contribution in [2.75, 3.05) is 27.3 Å². The summed E-state index contributed by atoms with van der Waals surface area (Å²) in [6.45, 7) is 4.35. The summed E-state index contributed by atoms with van der Waals surface area (Å²) in [6, 6.07) is 11.2. The quantitative estimate of drug-likeness (QED) is 0.612. The normalized spacial score (nSPS) is 14.8. The largest absolute Gasteiger partial charge is 0.493 e. The lowest BCUT2D eigenvalue weighted by atomic mass is 10.0. The first kappa shape index (κ1) is 23.4. The van der Waals surface area contributed by atoms with E-state index in [1.54, 1.807) is 31.4 Å². The Kier molecular flexibility index (Phi) is 7.58. The van der Waals surface area contributed by atoms with Gasteiger partial charge in [0, 0.05) is 13.1 Å². The monoisotopic (exact) mass is 454 g/mol. The lowest BCUT2D eigenvalue weighted by molar-refractivity contribution is -0.124. The molecule has 0 unspecified atom stereocenters. The predicted molar refractivity (Wildman–Crippen MR) is 125 cm³/mol. The molecule has 3 rings (SSSR count). The molecule has 0 aromatic heterocycles. The highest BCUT2D eigenvalue weighted by molar-refractivity contribution is 8.18. The topological polar surface area (TPSA) is 84.9 Å². The number of nitrogens with one attached hydrogen (secondary N) is 1. The Hall–Kier alpha value is -3.26. The van der Waals surface area contributed by atoms with Crippen LogP contribution in [0.25, 0.3) is 6.08 Å². The first-order valence-corrected chi connectivity index (χ1v) is 10.9. The highest BCUT2D eigenvalue weighted by Gasteiger charge is 2.34. The SMILES string of the molecule is COc1ccc(/C=C2\SC(=O)N(CCNC(=O)Cc3ccc(C)c(C)c3)C2=O)cc1OC. The minimum Gasteiger partial charge on any atom is -0.493 e. The third-order valence-electron chi connectivity index (χ3n) is 5.17. The molecular formula is C24H26N2O5S. The summed E-state index contributed by atoms with van der Waals surface area (Å²) in [5.41, 5.74) is 3.95. The van der Waals surface area contributed by atoms with Gasteiger partial charge in [-0.25, -0.2) is 0 Å². The zero-order chi connectivity index (χ0) is 23.3. The number of thioether (sulfide) groups is 1. The van der Waals surface area contributed by atoms with E-state index in [1.165, 1.54) is 12.7 Å². The van der Waals surface area contributed by atoms with Crippen LogP contribution in [0.3, 0.4) is 0 Å². The van der Waals surface area contributed by atoms with Crippen LogP contribution in [0.5, 0.6) is 11.5 Å². The molecule has 1 fully saturated rings. The van der Waals surface area contributed by atoms with Crippen LogP contribution in [0, 0.1) is 13.8 Å². The average Bonchev–Trinajstić information content (AvgIpc) is 3.03. The van der Waals surface area contributed by atoms with Gasteiger partial charge >= 0.3 is 0 Å². The smallest absolute Gasteiger partial charge is 0.293 e. The van der Waals surface area contributed by atoms with Crippen LogP contribution in [0.15, 0.2) is 41.3 Å². The van der Waals surface area contributed by atoms with Gasteiger partial charge < -0.3 is 14.8 Å². The van der Waals surface area contributed by atoms with Gasteiger partial charge in [0.15, 0.2) is 11.5 Å². The highest BCUT2D eigenvalue weighted by Crippen LogP contribution is 2.34. The molecule has 0 bridgehead atoms. The number of imide groups is 1. The second-order valence-electron chi connectivity index (χ2n) is 7.39. The molecule has 3 amide bonds. The molecular weight excluding hydrogens is 428 g/mol. The van der Waals surface area contributed by atoms with Crippen LogP contribution in [-0.2, 0) is 16.0 Å². The van der Waals surface area contributed by atoms with Crippen molar-refractivity contribution in [1.82, 2.24) is 10.2 Å². The zero-order valence-corrected chi connectivity index (χ0v) is 19.4. The molecule has 1 N–H and O–H groups in total. The summed E-state index contributed by atoms with van der Waals surface area (Å²) in [7, 11) is 3.08. The van der Waals surface area contributed by atoms with E-state index in [0.29, 0.717) is 16.4 Å². The van der Waals surface area contributed by atoms with Crippen molar-refractivity contribution < 1.29 is 23.9 Å². The van der Waals surface area contributed by atoms with Gasteiger partial charge in [-0.2, -0.15) is 0 Å². The number of benzene rings is 2. The summed E-state index contributed by atoms with van der Waals surface area (Å²) < 4.78 is 10.5. The third-order valence-corrected chi connectivity index (χ3v) is 6.08. The second kappa shape index (κ2) is 10.4. The van der Waals surface area contributed by atoms with Gasteiger partial charge in [0.1, 0.15) is 0 Å². The van der Waals surface area contributed by atoms with E-state index in [4.69, 9.17) is 9.47 Å². The van der Waals surface area contributed by atoms with Crippen LogP contribution in [0.4, 0.5) is 4.79 Å². The molecule has 0 atom stereocenters. The Bertz CT molecular complexity index is 1080. The van der Waals surface area contributed by atoms with Crippen molar-refractivity contribution in [1.29, 1.82) is 0 Å². The number of aryl methyl sites for hydroxylation is 2. The first-order chi connectivity index (χ1) is 15.3. The molecule has 7 nitrogen and oxygen atoms in total. The fourth-order valence-corrected chi connectivity index (χ4v) is 4.12. The summed E-state index contributed by atoms with van der Waals surface area (Å²) in [6.07, 6.45) is 1.90. The van der Waals surface area contributed by atoms with E-state index in [1.807, 2.05) is 32.0 Å². The van der Waals surface area contributed by atoms with Gasteiger partial charge in [0.2, 0.25) is 5.91 Å². The molecule has 1 aliphatic rings. The van der Waals surface area contributed by atoms with E-state index < -0.39 is 0 Å². The molecule has 168 valence electrons. The van der Waals surface area contributed by atoms with Crippen LogP contribution < -0.4 is 14.8 Å². The standard InChI is InChI=1S/C24H26N2O5S/c1-15-5-6-17(11-16(15)2)14-22(27)25-9-10-26-23(28)21(32-24(26)29)13-18-7-8-19(30-3)20(12-18)31-4/h5-8,11-13H,9-10,14H2,1-4H3,(H,25,27)/b21-13-. The lowest BCUT2D eigenvalue weighted by Gasteiger charge is -2.13. The Morgan fingerprint density at radius 1 is 1.03 bits per heavy atom. The number of ether oxygens (including phenoxy) is 2. The van der Waals surface area contributed by atoms with Crippen LogP contribution in [0.2, 0.25) is 0 Å². The minimum atomic E-state index is -0.377. The highest BCUT2D eigenvalue weighted by atomic mass is 32.2. The number of amides is 3. The molecule has 8 heteroatoms. The number of hydrogen-bond donors (Lipinski definition) is 1. The number of hydrogen-bond acceptors (Lipinski definition) is 6. The van der Waals surface area contributed by atoms with Crippen molar-refractivity contribution in [3.63, 3.8) is 0 Å². The fraction of sp³-hybridized carbons (Fsp3) is 0.292. The summed E-state index contributed by atoms with van der Waals surface area (Å²) >= 11 is 0.878. The molecule has 1 aliphatic heterocycles. The van der Waals surface area contributed by atoms with Crippen molar-refractivity contribution in [2.24, 2.45) is 0 Å². The Balaban J connectivity index is 1.57. The second-order valence-corrected chi connectivity index (χ2v) is 8.39. The maximum absolute atomic E-state index is 12.7. The molecule has 0 spiro atoms. The third kappa shape index (κ3) is 5.50. The zero-order valence-electron chi connectivity index (χ0n) is 18.6. The maximum atomic E-state index is 12.7. The molecule has 0 aliphatic carbocycles. The van der Waals surface area contributed by atoms with Gasteiger partial charge in [-0.15, -0.1) is 0 Å². The Morgan fingerprint density at radius 3 is 2.47 bits per heavy atom. The first-order valence-electron chi connectivity index (χ1n) is 10.1. The van der Waals surface area contributed by atoms with Crippen LogP contribution in [0.1, 0.15) is 22.3 Å². The number of rotatable bonds is 8. The van der Waals surface area contributed by atoms with Crippen molar-refractivity contribution in [3.8, 4) is 11.5 Å². The minimum absolute atomic E-state index is 0.118. The van der Waals surface area contributed by atoms with Gasteiger partial charge in [-0.1, -0.05) is 24.3 Å². The van der Waals surface area contributed by atoms with E-state index in [-0.39, 0.29) is 36.6 Å². The van der Waals surface area contributed by atoms with Crippen molar-refractivity contribution >= 4 is 34.9 Å². The Labute approximate surface area is 191 Å².